The van der Waals surface area contributed by atoms with E-state index in [2.05, 4.69) is 51.8 Å². The van der Waals surface area contributed by atoms with E-state index in [9.17, 15) is 5.11 Å². The lowest BCUT2D eigenvalue weighted by molar-refractivity contribution is 0.100. The van der Waals surface area contributed by atoms with Crippen molar-refractivity contribution in [1.29, 1.82) is 0 Å². The van der Waals surface area contributed by atoms with Gasteiger partial charge in [-0.2, -0.15) is 0 Å². The minimum absolute atomic E-state index is 0.0781. The quantitative estimate of drug-likeness (QED) is 0.686. The molecule has 2 N–H and O–H groups in total. The van der Waals surface area contributed by atoms with E-state index in [0.29, 0.717) is 12.5 Å². The number of nitrogens with zero attached hydrogens (tertiary/aromatic N) is 1. The van der Waals surface area contributed by atoms with Gasteiger partial charge in [-0.1, -0.05) is 27.2 Å². The maximum atomic E-state index is 10.00. The van der Waals surface area contributed by atoms with Crippen LogP contribution in [-0.2, 0) is 0 Å². The summed E-state index contributed by atoms with van der Waals surface area (Å²) in [4.78, 5) is 2.34. The monoisotopic (exact) mass is 244 g/mol. The molecule has 0 aromatic heterocycles. The van der Waals surface area contributed by atoms with Crippen LogP contribution in [0.15, 0.2) is 0 Å². The molecule has 0 aliphatic carbocycles. The summed E-state index contributed by atoms with van der Waals surface area (Å²) in [5.41, 5.74) is 0.0781. The Morgan fingerprint density at radius 2 is 1.76 bits per heavy atom. The first-order chi connectivity index (χ1) is 7.78. The zero-order valence-electron chi connectivity index (χ0n) is 12.6. The highest BCUT2D eigenvalue weighted by molar-refractivity contribution is 4.75. The molecule has 3 heteroatoms. The number of β-amino-alcohol motifs (C(OH)–C–C–N with tert-alkyl or cyclic N) is 1. The van der Waals surface area contributed by atoms with Crippen molar-refractivity contribution in [3.8, 4) is 0 Å². The zero-order valence-corrected chi connectivity index (χ0v) is 12.6. The molecule has 0 amide bonds. The lowest BCUT2D eigenvalue weighted by atomic mass is 10.1. The number of hydrogen-bond donors (Lipinski definition) is 2. The van der Waals surface area contributed by atoms with Gasteiger partial charge in [-0.15, -0.1) is 0 Å². The van der Waals surface area contributed by atoms with E-state index in [-0.39, 0.29) is 11.6 Å². The normalized spacial score (nSPS) is 16.2. The minimum Gasteiger partial charge on any atom is -0.390 e. The number of rotatable bonds is 8. The average Bonchev–Trinajstić information content (AvgIpc) is 2.24. The van der Waals surface area contributed by atoms with Gasteiger partial charge in [-0.3, -0.25) is 0 Å². The Morgan fingerprint density at radius 1 is 1.18 bits per heavy atom. The summed E-state index contributed by atoms with van der Waals surface area (Å²) in [5.74, 6) is 0.706. The molecular weight excluding hydrogens is 212 g/mol. The maximum Gasteiger partial charge on any atom is 0.0791 e. The van der Waals surface area contributed by atoms with Crippen molar-refractivity contribution in [3.05, 3.63) is 0 Å². The van der Waals surface area contributed by atoms with Gasteiger partial charge >= 0.3 is 0 Å². The van der Waals surface area contributed by atoms with Gasteiger partial charge in [0.2, 0.25) is 0 Å². The van der Waals surface area contributed by atoms with Crippen LogP contribution in [0.25, 0.3) is 0 Å². The van der Waals surface area contributed by atoms with Crippen LogP contribution in [0.2, 0.25) is 0 Å². The first kappa shape index (κ1) is 16.9. The molecule has 0 saturated carbocycles. The molecule has 17 heavy (non-hydrogen) atoms. The first-order valence-corrected chi connectivity index (χ1v) is 6.93. The summed E-state index contributed by atoms with van der Waals surface area (Å²) >= 11 is 0. The average molecular weight is 244 g/mol. The summed E-state index contributed by atoms with van der Waals surface area (Å²) in [6.45, 7) is 16.5. The van der Waals surface area contributed by atoms with Crippen LogP contribution in [0.3, 0.4) is 0 Å². The molecule has 0 heterocycles. The highest BCUT2D eigenvalue weighted by atomic mass is 16.3. The van der Waals surface area contributed by atoms with Crippen molar-refractivity contribution in [2.75, 3.05) is 26.2 Å². The van der Waals surface area contributed by atoms with Crippen molar-refractivity contribution >= 4 is 0 Å². The van der Waals surface area contributed by atoms with Crippen molar-refractivity contribution in [1.82, 2.24) is 10.2 Å². The Morgan fingerprint density at radius 3 is 2.18 bits per heavy atom. The molecule has 0 aromatic carbocycles. The fraction of sp³-hybridized carbons (Fsp3) is 1.00. The van der Waals surface area contributed by atoms with Gasteiger partial charge in [-0.25, -0.2) is 0 Å². The predicted molar refractivity (Wildman–Crippen MR) is 75.3 cm³/mol. The van der Waals surface area contributed by atoms with Gasteiger partial charge in [0.1, 0.15) is 0 Å². The molecule has 0 aromatic rings. The standard InChI is InChI=1S/C14H32N2O/c1-7-12(3)10-16(8-2)11-13(17)9-15-14(4,5)6/h12-13,15,17H,7-11H2,1-6H3. The molecule has 104 valence electrons. The molecule has 0 bridgehead atoms. The SMILES string of the molecule is CCC(C)CN(CC)CC(O)CNC(C)(C)C. The smallest absolute Gasteiger partial charge is 0.0791 e. The van der Waals surface area contributed by atoms with Crippen LogP contribution >= 0.6 is 0 Å². The third-order valence-electron chi connectivity index (χ3n) is 3.05. The fourth-order valence-corrected chi connectivity index (χ4v) is 1.69. The van der Waals surface area contributed by atoms with Gasteiger partial charge in [0.05, 0.1) is 6.10 Å². The van der Waals surface area contributed by atoms with E-state index in [1.807, 2.05) is 0 Å². The molecule has 3 nitrogen and oxygen atoms in total. The van der Waals surface area contributed by atoms with Crippen LogP contribution in [0.4, 0.5) is 0 Å². The van der Waals surface area contributed by atoms with E-state index in [4.69, 9.17) is 0 Å². The summed E-state index contributed by atoms with van der Waals surface area (Å²) in [6, 6.07) is 0. The van der Waals surface area contributed by atoms with Crippen molar-refractivity contribution < 1.29 is 5.11 Å². The Kier molecular flexibility index (Phi) is 8.01. The second-order valence-corrected chi connectivity index (χ2v) is 6.15. The third kappa shape index (κ3) is 9.57. The number of likely N-dealkylation sites (N-methyl/N-ethyl adjacent to an activating group) is 1. The predicted octanol–water partition coefficient (Wildman–Crippen LogP) is 2.10. The van der Waals surface area contributed by atoms with Gasteiger partial charge in [0, 0.05) is 25.2 Å². The summed E-state index contributed by atoms with van der Waals surface area (Å²) in [5, 5.41) is 13.3. The van der Waals surface area contributed by atoms with Gasteiger partial charge in [0.15, 0.2) is 0 Å². The molecule has 0 aliphatic heterocycles. The summed E-state index contributed by atoms with van der Waals surface area (Å²) < 4.78 is 0. The number of aliphatic hydroxyl groups is 1. The third-order valence-corrected chi connectivity index (χ3v) is 3.05. The summed E-state index contributed by atoms with van der Waals surface area (Å²) in [6.07, 6.45) is 0.922. The topological polar surface area (TPSA) is 35.5 Å². The molecule has 2 atom stereocenters. The fourth-order valence-electron chi connectivity index (χ4n) is 1.69. The van der Waals surface area contributed by atoms with Crippen LogP contribution in [-0.4, -0.2) is 47.8 Å². The first-order valence-electron chi connectivity index (χ1n) is 6.93. The molecule has 0 rings (SSSR count). The van der Waals surface area contributed by atoms with E-state index in [0.717, 1.165) is 19.6 Å². The Hall–Kier alpha value is -0.120. The maximum absolute atomic E-state index is 10.00. The second kappa shape index (κ2) is 8.06. The van der Waals surface area contributed by atoms with Crippen molar-refractivity contribution in [2.45, 2.75) is 59.6 Å². The van der Waals surface area contributed by atoms with Crippen LogP contribution < -0.4 is 5.32 Å². The molecule has 0 spiro atoms. The van der Waals surface area contributed by atoms with Gasteiger partial charge in [0.25, 0.3) is 0 Å². The molecule has 0 fully saturated rings. The second-order valence-electron chi connectivity index (χ2n) is 6.15. The van der Waals surface area contributed by atoms with Gasteiger partial charge < -0.3 is 15.3 Å². The number of aliphatic hydroxyl groups excluding tert-OH is 1. The molecule has 0 radical (unpaired) electrons. The molecule has 0 aliphatic rings. The van der Waals surface area contributed by atoms with E-state index in [1.54, 1.807) is 0 Å². The van der Waals surface area contributed by atoms with Crippen LogP contribution in [0.5, 0.6) is 0 Å². The highest BCUT2D eigenvalue weighted by Gasteiger charge is 2.15. The number of nitrogens with one attached hydrogen (secondary N) is 1. The minimum atomic E-state index is -0.279. The Balaban J connectivity index is 3.93. The molecular formula is C14H32N2O. The van der Waals surface area contributed by atoms with Crippen molar-refractivity contribution in [2.24, 2.45) is 5.92 Å². The van der Waals surface area contributed by atoms with E-state index >= 15 is 0 Å². The highest BCUT2D eigenvalue weighted by Crippen LogP contribution is 2.05. The van der Waals surface area contributed by atoms with E-state index in [1.165, 1.54) is 6.42 Å². The zero-order chi connectivity index (χ0) is 13.5. The van der Waals surface area contributed by atoms with Crippen LogP contribution in [0, 0.1) is 5.92 Å². The lowest BCUT2D eigenvalue weighted by Gasteiger charge is -2.28. The summed E-state index contributed by atoms with van der Waals surface area (Å²) in [7, 11) is 0. The largest absolute Gasteiger partial charge is 0.390 e. The van der Waals surface area contributed by atoms with Crippen LogP contribution in [0.1, 0.15) is 48.0 Å². The van der Waals surface area contributed by atoms with E-state index < -0.39 is 0 Å². The Bertz CT molecular complexity index is 189. The lowest BCUT2D eigenvalue weighted by Crippen LogP contribution is -2.45. The van der Waals surface area contributed by atoms with Crippen molar-refractivity contribution in [3.63, 3.8) is 0 Å². The Labute approximate surface area is 108 Å². The molecule has 0 saturated heterocycles. The number of hydrogen-bond acceptors (Lipinski definition) is 3. The van der Waals surface area contributed by atoms with Gasteiger partial charge in [-0.05, 0) is 33.2 Å². The molecule has 2 unspecified atom stereocenters.